The van der Waals surface area contributed by atoms with Gasteiger partial charge >= 0.3 is 12.4 Å². The molecule has 0 aliphatic carbocycles. The zero-order valence-corrected chi connectivity index (χ0v) is 16.4. The molecule has 0 bridgehead atoms. The van der Waals surface area contributed by atoms with E-state index in [1.807, 2.05) is 0 Å². The van der Waals surface area contributed by atoms with Gasteiger partial charge in [-0.25, -0.2) is 4.39 Å². The van der Waals surface area contributed by atoms with Gasteiger partial charge in [-0.1, -0.05) is 59.6 Å². The fourth-order valence-corrected chi connectivity index (χ4v) is 3.12. The van der Waals surface area contributed by atoms with Crippen LogP contribution in [0.3, 0.4) is 0 Å². The first-order chi connectivity index (χ1) is 13.3. The van der Waals surface area contributed by atoms with Crippen LogP contribution in [0.5, 0.6) is 0 Å². The van der Waals surface area contributed by atoms with E-state index < -0.39 is 40.8 Å². The summed E-state index contributed by atoms with van der Waals surface area (Å²) in [4.78, 5) is 0. The molecule has 156 valence electrons. The lowest BCUT2D eigenvalue weighted by molar-refractivity contribution is -0.140. The molecule has 2 aromatic carbocycles. The van der Waals surface area contributed by atoms with Crippen molar-refractivity contribution in [3.05, 3.63) is 80.3 Å². The van der Waals surface area contributed by atoms with Gasteiger partial charge in [0.25, 0.3) is 0 Å². The predicted octanol–water partition coefficient (Wildman–Crippen LogP) is 8.97. The third-order valence-corrected chi connectivity index (χ3v) is 5.08. The molecule has 2 aromatic rings. The SMILES string of the molecule is C=Cc1ccc(/C(F)=C/C(c2cc(Cl)c(Cl)c(Cl)c2)C(F)(F)F)cc1C(F)(F)F. The average Bonchev–Trinajstić information content (AvgIpc) is 2.61. The van der Waals surface area contributed by atoms with Crippen molar-refractivity contribution in [2.75, 3.05) is 0 Å². The van der Waals surface area contributed by atoms with Gasteiger partial charge in [0.1, 0.15) is 11.7 Å². The number of alkyl halides is 6. The Labute approximate surface area is 176 Å². The molecule has 1 atom stereocenters. The van der Waals surface area contributed by atoms with Crippen molar-refractivity contribution in [1.29, 1.82) is 0 Å². The zero-order valence-electron chi connectivity index (χ0n) is 14.1. The summed E-state index contributed by atoms with van der Waals surface area (Å²) < 4.78 is 94.4. The van der Waals surface area contributed by atoms with Gasteiger partial charge in [-0.15, -0.1) is 0 Å². The Bertz CT molecular complexity index is 936. The topological polar surface area (TPSA) is 0 Å². The van der Waals surface area contributed by atoms with Crippen LogP contribution in [0.4, 0.5) is 30.7 Å². The third-order valence-electron chi connectivity index (χ3n) is 3.89. The van der Waals surface area contributed by atoms with Crippen LogP contribution in [-0.2, 0) is 6.18 Å². The molecule has 10 heteroatoms. The minimum atomic E-state index is -4.98. The van der Waals surface area contributed by atoms with Gasteiger partial charge in [-0.2, -0.15) is 26.3 Å². The van der Waals surface area contributed by atoms with Crippen molar-refractivity contribution < 1.29 is 30.7 Å². The van der Waals surface area contributed by atoms with E-state index in [0.717, 1.165) is 30.3 Å². The molecule has 0 spiro atoms. The van der Waals surface area contributed by atoms with Crippen LogP contribution in [-0.4, -0.2) is 6.18 Å². The summed E-state index contributed by atoms with van der Waals surface area (Å²) in [6, 6.07) is 3.97. The first-order valence-electron chi connectivity index (χ1n) is 7.68. The lowest BCUT2D eigenvalue weighted by Gasteiger charge is -2.19. The van der Waals surface area contributed by atoms with Crippen molar-refractivity contribution in [3.63, 3.8) is 0 Å². The quantitative estimate of drug-likeness (QED) is 0.304. The monoisotopic (exact) mass is 476 g/mol. The molecule has 0 fully saturated rings. The first kappa shape index (κ1) is 23.6. The van der Waals surface area contributed by atoms with Gasteiger partial charge in [0.15, 0.2) is 0 Å². The molecule has 2 rings (SSSR count). The summed E-state index contributed by atoms with van der Waals surface area (Å²) >= 11 is 17.2. The van der Waals surface area contributed by atoms with Gasteiger partial charge in [0.2, 0.25) is 0 Å². The molecule has 0 amide bonds. The van der Waals surface area contributed by atoms with Crippen molar-refractivity contribution >= 4 is 46.7 Å². The molecule has 0 aliphatic rings. The van der Waals surface area contributed by atoms with E-state index in [-0.39, 0.29) is 26.7 Å². The Hall–Kier alpha value is -1.70. The maximum absolute atomic E-state index is 14.6. The van der Waals surface area contributed by atoms with Gasteiger partial charge in [-0.05, 0) is 35.4 Å². The van der Waals surface area contributed by atoms with Gasteiger partial charge < -0.3 is 0 Å². The van der Waals surface area contributed by atoms with Gasteiger partial charge in [-0.3, -0.25) is 0 Å². The summed E-state index contributed by atoms with van der Waals surface area (Å²) in [5, 5.41) is -0.754. The van der Waals surface area contributed by atoms with Crippen LogP contribution in [0.2, 0.25) is 15.1 Å². The summed E-state index contributed by atoms with van der Waals surface area (Å²) in [5.41, 5.74) is -2.76. The highest BCUT2D eigenvalue weighted by Crippen LogP contribution is 2.42. The maximum atomic E-state index is 14.6. The normalized spacial score (nSPS) is 14.1. The number of halogens is 10. The molecule has 0 saturated carbocycles. The zero-order chi connectivity index (χ0) is 22.1. The van der Waals surface area contributed by atoms with Crippen LogP contribution in [0.1, 0.15) is 28.2 Å². The Kier molecular flexibility index (Phi) is 6.97. The number of hydrogen-bond donors (Lipinski definition) is 0. The third kappa shape index (κ3) is 5.47. The minimum Gasteiger partial charge on any atom is -0.207 e. The van der Waals surface area contributed by atoms with E-state index in [9.17, 15) is 30.7 Å². The summed E-state index contributed by atoms with van der Waals surface area (Å²) in [7, 11) is 0. The second-order valence-electron chi connectivity index (χ2n) is 5.84. The van der Waals surface area contributed by atoms with Crippen LogP contribution in [0, 0.1) is 0 Å². The fourth-order valence-electron chi connectivity index (χ4n) is 2.51. The van der Waals surface area contributed by atoms with Crippen molar-refractivity contribution in [3.8, 4) is 0 Å². The average molecular weight is 478 g/mol. The largest absolute Gasteiger partial charge is 0.417 e. The predicted molar refractivity (Wildman–Crippen MR) is 101 cm³/mol. The molecular formula is C19H10Cl3F7. The molecule has 0 saturated heterocycles. The number of benzene rings is 2. The minimum absolute atomic E-state index is 0.152. The molecule has 0 N–H and O–H groups in total. The van der Waals surface area contributed by atoms with Crippen LogP contribution < -0.4 is 0 Å². The van der Waals surface area contributed by atoms with Crippen molar-refractivity contribution in [1.82, 2.24) is 0 Å². The lowest BCUT2D eigenvalue weighted by Crippen LogP contribution is -2.19. The lowest BCUT2D eigenvalue weighted by atomic mass is 9.95. The molecule has 0 heterocycles. The van der Waals surface area contributed by atoms with Crippen LogP contribution >= 0.6 is 34.8 Å². The van der Waals surface area contributed by atoms with E-state index in [1.54, 1.807) is 0 Å². The maximum Gasteiger partial charge on any atom is 0.417 e. The highest BCUT2D eigenvalue weighted by Gasteiger charge is 2.40. The van der Waals surface area contributed by atoms with Gasteiger partial charge in [0.05, 0.1) is 20.6 Å². The van der Waals surface area contributed by atoms with E-state index >= 15 is 0 Å². The Balaban J connectivity index is 2.60. The molecule has 1 unspecified atom stereocenters. The van der Waals surface area contributed by atoms with E-state index in [2.05, 4.69) is 6.58 Å². The summed E-state index contributed by atoms with van der Waals surface area (Å²) in [6.07, 6.45) is -8.77. The summed E-state index contributed by atoms with van der Waals surface area (Å²) in [5.74, 6) is -4.03. The molecule has 0 aromatic heterocycles. The van der Waals surface area contributed by atoms with E-state index in [4.69, 9.17) is 34.8 Å². The number of rotatable bonds is 4. The van der Waals surface area contributed by atoms with E-state index in [0.29, 0.717) is 6.07 Å². The second-order valence-corrected chi connectivity index (χ2v) is 7.03. The Morgan fingerprint density at radius 2 is 1.48 bits per heavy atom. The number of allylic oxidation sites excluding steroid dienone is 1. The smallest absolute Gasteiger partial charge is 0.207 e. The highest BCUT2D eigenvalue weighted by atomic mass is 35.5. The summed E-state index contributed by atoms with van der Waals surface area (Å²) in [6.45, 7) is 3.23. The van der Waals surface area contributed by atoms with Crippen LogP contribution in [0.25, 0.3) is 11.9 Å². The van der Waals surface area contributed by atoms with Crippen LogP contribution in [0.15, 0.2) is 43.0 Å². The molecule has 0 aliphatic heterocycles. The molecule has 0 nitrogen and oxygen atoms in total. The molecule has 29 heavy (non-hydrogen) atoms. The second kappa shape index (κ2) is 8.58. The molecule has 0 radical (unpaired) electrons. The Morgan fingerprint density at radius 1 is 0.931 bits per heavy atom. The fraction of sp³-hybridized carbons (Fsp3) is 0.158. The van der Waals surface area contributed by atoms with Crippen molar-refractivity contribution in [2.45, 2.75) is 18.3 Å². The van der Waals surface area contributed by atoms with E-state index in [1.165, 1.54) is 0 Å². The number of hydrogen-bond acceptors (Lipinski definition) is 0. The molecular weight excluding hydrogens is 468 g/mol. The standard InChI is InChI=1S/C19H10Cl3F7/c1-2-9-3-4-10(5-12(9)18(24,25)26)16(23)8-13(19(27,28)29)11-6-14(20)17(22)15(21)7-11/h2-8,13H,1H2/b16-8-. The Morgan fingerprint density at radius 3 is 1.93 bits per heavy atom. The van der Waals surface area contributed by atoms with Gasteiger partial charge in [0, 0.05) is 5.56 Å². The highest BCUT2D eigenvalue weighted by molar-refractivity contribution is 6.48. The first-order valence-corrected chi connectivity index (χ1v) is 8.81. The van der Waals surface area contributed by atoms with Crippen molar-refractivity contribution in [2.24, 2.45) is 0 Å².